The van der Waals surface area contributed by atoms with Crippen LogP contribution in [0.4, 0.5) is 0 Å². The number of thiophene rings is 5. The third-order valence-electron chi connectivity index (χ3n) is 7.43. The van der Waals surface area contributed by atoms with Gasteiger partial charge in [-0.3, -0.25) is 0 Å². The molecule has 37 heavy (non-hydrogen) atoms. The van der Waals surface area contributed by atoms with E-state index in [2.05, 4.69) is 86.0 Å². The maximum absolute atomic E-state index is 2.56. The fraction of sp³-hybridized carbons (Fsp3) is 0.0968. The number of benzene rings is 3. The Kier molecular flexibility index (Phi) is 4.14. The minimum absolute atomic E-state index is 1.25. The van der Waals surface area contributed by atoms with E-state index in [1.165, 1.54) is 91.2 Å². The van der Waals surface area contributed by atoms with Gasteiger partial charge in [0.05, 0.1) is 48.6 Å². The molecule has 0 fully saturated rings. The average molecular weight is 566 g/mol. The number of aromatic nitrogens is 1. The second kappa shape index (κ2) is 7.22. The predicted octanol–water partition coefficient (Wildman–Crippen LogP) is 11.8. The van der Waals surface area contributed by atoms with Gasteiger partial charge in [0, 0.05) is 25.9 Å². The SMILES string of the molecule is Cc1ccc(-n2c3c4ccc(C)cc4sc3c3sc4c5sc6c7ccc(C)cc7sc6c5sc4c32)cc1. The highest BCUT2D eigenvalue weighted by Crippen LogP contribution is 2.56. The zero-order chi connectivity index (χ0) is 24.6. The first kappa shape index (κ1) is 21.2. The minimum atomic E-state index is 1.25. The summed E-state index contributed by atoms with van der Waals surface area (Å²) in [4.78, 5) is 0. The zero-order valence-corrected chi connectivity index (χ0v) is 24.3. The van der Waals surface area contributed by atoms with E-state index in [0.29, 0.717) is 0 Å². The smallest absolute Gasteiger partial charge is 0.0838 e. The van der Waals surface area contributed by atoms with Crippen molar-refractivity contribution in [1.29, 1.82) is 0 Å². The van der Waals surface area contributed by atoms with E-state index < -0.39 is 0 Å². The fourth-order valence-electron chi connectivity index (χ4n) is 5.67. The minimum Gasteiger partial charge on any atom is -0.305 e. The number of hydrogen-bond acceptors (Lipinski definition) is 5. The third kappa shape index (κ3) is 2.72. The Morgan fingerprint density at radius 1 is 0.432 bits per heavy atom. The lowest BCUT2D eigenvalue weighted by Crippen LogP contribution is -1.93. The van der Waals surface area contributed by atoms with Crippen molar-refractivity contribution >= 4 is 125 Å². The first-order valence-electron chi connectivity index (χ1n) is 12.3. The molecule has 178 valence electrons. The summed E-state index contributed by atoms with van der Waals surface area (Å²) in [5, 5.41) is 2.78. The van der Waals surface area contributed by atoms with Crippen molar-refractivity contribution in [3.8, 4) is 5.69 Å². The number of rotatable bonds is 1. The lowest BCUT2D eigenvalue weighted by Gasteiger charge is -2.08. The highest BCUT2D eigenvalue weighted by atomic mass is 32.1. The average Bonchev–Trinajstić information content (AvgIpc) is 3.67. The van der Waals surface area contributed by atoms with E-state index in [0.717, 1.165) is 0 Å². The van der Waals surface area contributed by atoms with Crippen molar-refractivity contribution in [3.63, 3.8) is 0 Å². The largest absolute Gasteiger partial charge is 0.305 e. The van der Waals surface area contributed by atoms with E-state index in [4.69, 9.17) is 0 Å². The van der Waals surface area contributed by atoms with Gasteiger partial charge in [0.25, 0.3) is 0 Å². The summed E-state index contributed by atoms with van der Waals surface area (Å²) >= 11 is 9.94. The van der Waals surface area contributed by atoms with Crippen molar-refractivity contribution in [2.45, 2.75) is 20.8 Å². The van der Waals surface area contributed by atoms with Crippen molar-refractivity contribution in [2.75, 3.05) is 0 Å². The van der Waals surface area contributed by atoms with E-state index in [-0.39, 0.29) is 0 Å². The van der Waals surface area contributed by atoms with E-state index in [9.17, 15) is 0 Å². The van der Waals surface area contributed by atoms with Crippen LogP contribution in [0.5, 0.6) is 0 Å². The van der Waals surface area contributed by atoms with Crippen LogP contribution in [0.1, 0.15) is 16.7 Å². The summed E-state index contributed by atoms with van der Waals surface area (Å²) < 4.78 is 17.0. The van der Waals surface area contributed by atoms with Crippen LogP contribution in [0.15, 0.2) is 60.7 Å². The molecule has 0 unspecified atom stereocenters. The number of nitrogens with zero attached hydrogens (tertiary/aromatic N) is 1. The van der Waals surface area contributed by atoms with Crippen molar-refractivity contribution < 1.29 is 0 Å². The molecule has 1 nitrogen and oxygen atoms in total. The zero-order valence-electron chi connectivity index (χ0n) is 20.3. The Balaban J connectivity index is 1.46. The maximum atomic E-state index is 2.56. The molecule has 0 radical (unpaired) electrons. The van der Waals surface area contributed by atoms with Gasteiger partial charge in [0.2, 0.25) is 0 Å². The molecule has 0 N–H and O–H groups in total. The van der Waals surface area contributed by atoms with Crippen molar-refractivity contribution in [3.05, 3.63) is 77.4 Å². The van der Waals surface area contributed by atoms with Crippen LogP contribution < -0.4 is 0 Å². The molecule has 0 spiro atoms. The monoisotopic (exact) mass is 565 g/mol. The molecule has 6 aromatic heterocycles. The van der Waals surface area contributed by atoms with Gasteiger partial charge in [-0.2, -0.15) is 0 Å². The third-order valence-corrected chi connectivity index (χ3v) is 14.2. The summed E-state index contributed by atoms with van der Waals surface area (Å²) in [5.41, 5.74) is 7.97. The van der Waals surface area contributed by atoms with Gasteiger partial charge in [-0.1, -0.05) is 42.0 Å². The van der Waals surface area contributed by atoms with Crippen molar-refractivity contribution in [1.82, 2.24) is 4.57 Å². The molecule has 0 saturated carbocycles. The molecule has 3 aromatic carbocycles. The van der Waals surface area contributed by atoms with E-state index in [1.54, 1.807) is 0 Å². The molecule has 0 amide bonds. The summed E-state index contributed by atoms with van der Waals surface area (Å²) in [7, 11) is 0. The van der Waals surface area contributed by atoms with Crippen LogP contribution in [-0.2, 0) is 0 Å². The summed E-state index contributed by atoms with van der Waals surface area (Å²) in [6.07, 6.45) is 0. The molecule has 0 aliphatic heterocycles. The van der Waals surface area contributed by atoms with Crippen LogP contribution in [-0.4, -0.2) is 4.57 Å². The molecular weight excluding hydrogens is 547 g/mol. The number of hydrogen-bond donors (Lipinski definition) is 0. The fourth-order valence-corrected chi connectivity index (χ4v) is 13.1. The first-order chi connectivity index (χ1) is 18.0. The molecule has 0 bridgehead atoms. The molecule has 9 rings (SSSR count). The van der Waals surface area contributed by atoms with Gasteiger partial charge in [0.15, 0.2) is 0 Å². The molecule has 0 saturated heterocycles. The van der Waals surface area contributed by atoms with Crippen LogP contribution >= 0.6 is 56.7 Å². The molecular formula is C31H19NS5. The topological polar surface area (TPSA) is 4.93 Å². The van der Waals surface area contributed by atoms with Crippen LogP contribution in [0.25, 0.3) is 74.5 Å². The lowest BCUT2D eigenvalue weighted by molar-refractivity contribution is 1.19. The second-order valence-corrected chi connectivity index (χ2v) is 15.2. The Hall–Kier alpha value is -2.74. The van der Waals surface area contributed by atoms with Crippen LogP contribution in [0.3, 0.4) is 0 Å². The molecule has 6 heterocycles. The normalized spacial score (nSPS) is 12.7. The highest BCUT2D eigenvalue weighted by molar-refractivity contribution is 7.48. The van der Waals surface area contributed by atoms with E-state index in [1.807, 2.05) is 56.7 Å². The predicted molar refractivity (Wildman–Crippen MR) is 172 cm³/mol. The van der Waals surface area contributed by atoms with Crippen molar-refractivity contribution in [2.24, 2.45) is 0 Å². The van der Waals surface area contributed by atoms with Gasteiger partial charge in [0.1, 0.15) is 0 Å². The molecule has 9 aromatic rings. The highest BCUT2D eigenvalue weighted by Gasteiger charge is 2.26. The maximum Gasteiger partial charge on any atom is 0.0838 e. The number of fused-ring (bicyclic) bond motifs is 13. The van der Waals surface area contributed by atoms with Crippen LogP contribution in [0, 0.1) is 20.8 Å². The van der Waals surface area contributed by atoms with Crippen LogP contribution in [0.2, 0.25) is 0 Å². The quantitative estimate of drug-likeness (QED) is 0.186. The second-order valence-electron chi connectivity index (χ2n) is 10.0. The summed E-state index contributed by atoms with van der Waals surface area (Å²) in [5.74, 6) is 0. The molecule has 0 atom stereocenters. The van der Waals surface area contributed by atoms with Gasteiger partial charge in [-0.05, 0) is 56.2 Å². The standard InChI is InChI=1S/C31H19NS5/c1-14-4-8-17(9-5-14)32-22-18-10-6-15(2)12-20(18)33-25(22)26-23(32)27-29(36-26)31-30(37-27)28-24(35-31)19-11-7-16(3)13-21(19)34-28/h4-13H,1-3H3. The first-order valence-corrected chi connectivity index (χ1v) is 16.3. The Morgan fingerprint density at radius 2 is 0.919 bits per heavy atom. The lowest BCUT2D eigenvalue weighted by atomic mass is 10.2. The molecule has 0 aliphatic carbocycles. The molecule has 0 aliphatic rings. The number of aryl methyl sites for hydroxylation is 3. The van der Waals surface area contributed by atoms with Gasteiger partial charge in [-0.25, -0.2) is 0 Å². The molecule has 6 heteroatoms. The summed E-state index contributed by atoms with van der Waals surface area (Å²) in [6.45, 7) is 6.55. The Morgan fingerprint density at radius 3 is 1.65 bits per heavy atom. The van der Waals surface area contributed by atoms with Gasteiger partial charge in [-0.15, -0.1) is 56.7 Å². The Bertz CT molecular complexity index is 2380. The van der Waals surface area contributed by atoms with Gasteiger partial charge < -0.3 is 4.57 Å². The summed E-state index contributed by atoms with van der Waals surface area (Å²) in [6, 6.07) is 22.9. The van der Waals surface area contributed by atoms with Gasteiger partial charge >= 0.3 is 0 Å². The Labute approximate surface area is 232 Å². The van der Waals surface area contributed by atoms with E-state index >= 15 is 0 Å².